The SMILES string of the molecule is CSCC[C@H](NC(=O)[C@H](CC(=O)O)NC(=O)[C@@H](N)CS)C(=O)N1CCC[C@H]1C(=O)N[C@H](C(=O)N[C@@H](CC(C)C)C(=O)N1CCC[C@H]1C(=O)N[C@@H](CC(=O)O)C(=O)NCC(=O)O)C(C)C. The van der Waals surface area contributed by atoms with Gasteiger partial charge in [0.05, 0.1) is 18.9 Å². The quantitative estimate of drug-likeness (QED) is 0.0392. The first-order valence-corrected chi connectivity index (χ1v) is 23.0. The molecular formula is C39H63N9O14S2. The second kappa shape index (κ2) is 26.6. The third-order valence-electron chi connectivity index (χ3n) is 10.4. The minimum atomic E-state index is -1.65. The van der Waals surface area contributed by atoms with Crippen molar-refractivity contribution < 1.29 is 68.1 Å². The van der Waals surface area contributed by atoms with Crippen LogP contribution in [0, 0.1) is 11.8 Å². The molecule has 0 saturated carbocycles. The van der Waals surface area contributed by atoms with Crippen LogP contribution in [0.2, 0.25) is 0 Å². The van der Waals surface area contributed by atoms with Crippen molar-refractivity contribution in [1.82, 2.24) is 41.7 Å². The molecule has 25 heteroatoms. The standard InChI is InChI=1S/C39H63N9O14S2/c1-19(2)14-25(39(62)48-12-6-8-26(48)35(58)44-23(15-28(49)50)33(56)41-17-30(53)54)45-37(60)31(20(3)4)46-36(59)27-9-7-11-47(27)38(61)22(10-13-64-5)42-34(57)24(16-29(51)52)43-32(55)21(40)18-63/h19-27,31,63H,6-18,40H2,1-5H3,(H,41,56)(H,42,57)(H,43,55)(H,44,58)(H,45,60)(H,46,59)(H,49,50)(H,51,52)(H,53,54)/t21-,22-,23-,24-,25-,26-,27-,31-/m0/s1. The lowest BCUT2D eigenvalue weighted by molar-refractivity contribution is -0.145. The average Bonchev–Trinajstić information content (AvgIpc) is 3.92. The summed E-state index contributed by atoms with van der Waals surface area (Å²) in [5, 5.41) is 42.3. The molecule has 2 aliphatic heterocycles. The lowest BCUT2D eigenvalue weighted by atomic mass is 9.99. The number of hydrogen-bond donors (Lipinski definition) is 11. The van der Waals surface area contributed by atoms with Crippen molar-refractivity contribution in [2.45, 2.75) is 127 Å². The minimum Gasteiger partial charge on any atom is -0.481 e. The number of rotatable bonds is 26. The summed E-state index contributed by atoms with van der Waals surface area (Å²) in [7, 11) is 0. The number of amides is 8. The molecule has 0 unspecified atom stereocenters. The maximum absolute atomic E-state index is 14.1. The Morgan fingerprint density at radius 3 is 1.61 bits per heavy atom. The van der Waals surface area contributed by atoms with E-state index in [2.05, 4.69) is 39.2 Å². The number of nitrogens with two attached hydrogens (primary N) is 1. The van der Waals surface area contributed by atoms with E-state index in [0.717, 1.165) is 0 Å². The number of carboxylic acids is 3. The van der Waals surface area contributed by atoms with Gasteiger partial charge in [-0.2, -0.15) is 24.4 Å². The highest BCUT2D eigenvalue weighted by molar-refractivity contribution is 7.98. The Balaban J connectivity index is 2.28. The van der Waals surface area contributed by atoms with Crippen LogP contribution in [0.4, 0.5) is 0 Å². The summed E-state index contributed by atoms with van der Waals surface area (Å²) in [5.74, 6) is -11.0. The number of carbonyl (C=O) groups excluding carboxylic acids is 8. The number of nitrogens with one attached hydrogen (secondary N) is 6. The largest absolute Gasteiger partial charge is 0.481 e. The maximum Gasteiger partial charge on any atom is 0.322 e. The van der Waals surface area contributed by atoms with E-state index in [1.165, 1.54) is 21.6 Å². The molecule has 360 valence electrons. The van der Waals surface area contributed by atoms with E-state index in [4.69, 9.17) is 10.8 Å². The number of thioether (sulfide) groups is 1. The highest BCUT2D eigenvalue weighted by atomic mass is 32.2. The maximum atomic E-state index is 14.1. The van der Waals surface area contributed by atoms with Crippen LogP contribution in [0.25, 0.3) is 0 Å². The number of aliphatic carboxylic acids is 3. The number of likely N-dealkylation sites (tertiary alicyclic amines) is 2. The third kappa shape index (κ3) is 17.1. The van der Waals surface area contributed by atoms with Gasteiger partial charge in [0.1, 0.15) is 48.8 Å². The van der Waals surface area contributed by atoms with Gasteiger partial charge in [-0.15, -0.1) is 0 Å². The van der Waals surface area contributed by atoms with Crippen molar-refractivity contribution in [1.29, 1.82) is 0 Å². The van der Waals surface area contributed by atoms with Gasteiger partial charge >= 0.3 is 17.9 Å². The zero-order chi connectivity index (χ0) is 48.4. The van der Waals surface area contributed by atoms with Gasteiger partial charge in [-0.1, -0.05) is 27.7 Å². The van der Waals surface area contributed by atoms with Crippen molar-refractivity contribution in [3.8, 4) is 0 Å². The van der Waals surface area contributed by atoms with Gasteiger partial charge in [-0.05, 0) is 62.4 Å². The predicted molar refractivity (Wildman–Crippen MR) is 233 cm³/mol. The lowest BCUT2D eigenvalue weighted by Crippen LogP contribution is -2.61. The summed E-state index contributed by atoms with van der Waals surface area (Å²) >= 11 is 5.32. The lowest BCUT2D eigenvalue weighted by Gasteiger charge is -2.33. The highest BCUT2D eigenvalue weighted by Gasteiger charge is 2.42. The second-order valence-corrected chi connectivity index (χ2v) is 17.7. The van der Waals surface area contributed by atoms with Crippen molar-refractivity contribution in [3.05, 3.63) is 0 Å². The molecule has 64 heavy (non-hydrogen) atoms. The van der Waals surface area contributed by atoms with E-state index in [0.29, 0.717) is 18.6 Å². The van der Waals surface area contributed by atoms with Crippen LogP contribution in [0.15, 0.2) is 0 Å². The molecule has 23 nitrogen and oxygen atoms in total. The van der Waals surface area contributed by atoms with Crippen molar-refractivity contribution >= 4 is 89.6 Å². The van der Waals surface area contributed by atoms with Gasteiger partial charge in [0, 0.05) is 18.8 Å². The van der Waals surface area contributed by atoms with Crippen LogP contribution in [0.3, 0.4) is 0 Å². The van der Waals surface area contributed by atoms with Gasteiger partial charge < -0.3 is 62.8 Å². The Morgan fingerprint density at radius 1 is 0.656 bits per heavy atom. The van der Waals surface area contributed by atoms with E-state index in [1.807, 2.05) is 5.32 Å². The molecular weight excluding hydrogens is 883 g/mol. The smallest absolute Gasteiger partial charge is 0.322 e. The summed E-state index contributed by atoms with van der Waals surface area (Å²) in [5.41, 5.74) is 5.69. The predicted octanol–water partition coefficient (Wildman–Crippen LogP) is -2.75. The Kier molecular flexibility index (Phi) is 22.8. The van der Waals surface area contributed by atoms with Gasteiger partial charge in [-0.25, -0.2) is 0 Å². The Labute approximate surface area is 380 Å². The van der Waals surface area contributed by atoms with Crippen LogP contribution < -0.4 is 37.6 Å². The van der Waals surface area contributed by atoms with E-state index < -0.39 is 139 Å². The van der Waals surface area contributed by atoms with Crippen LogP contribution in [0.5, 0.6) is 0 Å². The Hall–Kier alpha value is -5.17. The fraction of sp³-hybridized carbons (Fsp3) is 0.718. The molecule has 11 N–H and O–H groups in total. The number of thiol groups is 1. The summed E-state index contributed by atoms with van der Waals surface area (Å²) < 4.78 is 0. The molecule has 2 fully saturated rings. The van der Waals surface area contributed by atoms with E-state index in [1.54, 1.807) is 34.0 Å². The summed E-state index contributed by atoms with van der Waals surface area (Å²) in [6.07, 6.45) is 1.40. The van der Waals surface area contributed by atoms with Crippen LogP contribution in [0.1, 0.15) is 79.1 Å². The molecule has 0 radical (unpaired) electrons. The zero-order valence-corrected chi connectivity index (χ0v) is 38.3. The topological polar surface area (TPSA) is 353 Å². The van der Waals surface area contributed by atoms with E-state index in [-0.39, 0.29) is 50.4 Å². The summed E-state index contributed by atoms with van der Waals surface area (Å²) in [6, 6.07) is -10.2. The third-order valence-corrected chi connectivity index (χ3v) is 11.5. The van der Waals surface area contributed by atoms with Gasteiger partial charge in [0.25, 0.3) is 0 Å². The molecule has 8 amide bonds. The molecule has 0 aliphatic carbocycles. The second-order valence-electron chi connectivity index (χ2n) is 16.4. The summed E-state index contributed by atoms with van der Waals surface area (Å²) in [4.78, 5) is 144. The molecule has 0 aromatic carbocycles. The first kappa shape index (κ1) is 55.0. The normalized spacial score (nSPS) is 18.8. The van der Waals surface area contributed by atoms with Gasteiger partial charge in [0.15, 0.2) is 0 Å². The van der Waals surface area contributed by atoms with Gasteiger partial charge in [0.2, 0.25) is 47.3 Å². The molecule has 2 saturated heterocycles. The van der Waals surface area contributed by atoms with Crippen LogP contribution in [-0.2, 0) is 52.7 Å². The van der Waals surface area contributed by atoms with Crippen molar-refractivity contribution in [3.63, 3.8) is 0 Å². The molecule has 0 spiro atoms. The van der Waals surface area contributed by atoms with Crippen LogP contribution >= 0.6 is 24.4 Å². The Morgan fingerprint density at radius 2 is 1.14 bits per heavy atom. The van der Waals surface area contributed by atoms with E-state index >= 15 is 0 Å². The van der Waals surface area contributed by atoms with Crippen molar-refractivity contribution in [2.24, 2.45) is 17.6 Å². The first-order chi connectivity index (χ1) is 30.0. The average molecular weight is 946 g/mol. The first-order valence-electron chi connectivity index (χ1n) is 20.9. The molecule has 8 atom stereocenters. The molecule has 0 aromatic rings. The number of hydrogen-bond acceptors (Lipinski definition) is 14. The summed E-state index contributed by atoms with van der Waals surface area (Å²) in [6.45, 7) is 6.30. The molecule has 2 rings (SSSR count). The Bertz CT molecular complexity index is 1740. The monoisotopic (exact) mass is 945 g/mol. The fourth-order valence-electron chi connectivity index (χ4n) is 7.19. The number of carboxylic acid groups (broad SMARTS) is 3. The fourth-order valence-corrected chi connectivity index (χ4v) is 7.83. The van der Waals surface area contributed by atoms with Gasteiger partial charge in [-0.3, -0.25) is 52.7 Å². The number of carbonyl (C=O) groups is 11. The molecule has 0 bridgehead atoms. The molecule has 2 heterocycles. The molecule has 2 aliphatic rings. The zero-order valence-electron chi connectivity index (χ0n) is 36.6. The minimum absolute atomic E-state index is 0.0845. The number of nitrogens with zero attached hydrogens (tertiary/aromatic N) is 2. The highest BCUT2D eigenvalue weighted by Crippen LogP contribution is 2.23. The van der Waals surface area contributed by atoms with Crippen LogP contribution in [-0.4, -0.2) is 176 Å². The van der Waals surface area contributed by atoms with Crippen molar-refractivity contribution in [2.75, 3.05) is 37.4 Å². The molecule has 0 aromatic heterocycles. The van der Waals surface area contributed by atoms with E-state index in [9.17, 15) is 63.0 Å².